The molecule has 0 atom stereocenters. The van der Waals surface area contributed by atoms with Crippen molar-refractivity contribution in [1.82, 2.24) is 14.9 Å². The van der Waals surface area contributed by atoms with E-state index < -0.39 is 0 Å². The van der Waals surface area contributed by atoms with Gasteiger partial charge in [0.15, 0.2) is 0 Å². The molecule has 1 aliphatic rings. The van der Waals surface area contributed by atoms with E-state index in [1.165, 1.54) is 11.3 Å². The molecule has 1 aliphatic carbocycles. The van der Waals surface area contributed by atoms with Crippen molar-refractivity contribution < 1.29 is 4.79 Å². The highest BCUT2D eigenvalue weighted by Gasteiger charge is 2.33. The standard InChI is InChI=1S/C15H17N3OS/c1-2-14-17-9-13(20-14)15(19)18(12-3-4-12)10-11-5-7-16-8-6-11/h5-9,12H,2-4,10H2,1H3. The first-order valence-electron chi connectivity index (χ1n) is 6.92. The van der Waals surface area contributed by atoms with Crippen LogP contribution in [0.2, 0.25) is 0 Å². The molecule has 3 rings (SSSR count). The number of pyridine rings is 1. The Labute approximate surface area is 122 Å². The Morgan fingerprint density at radius 1 is 1.40 bits per heavy atom. The van der Waals surface area contributed by atoms with E-state index in [2.05, 4.69) is 16.9 Å². The van der Waals surface area contributed by atoms with Gasteiger partial charge in [0.25, 0.3) is 5.91 Å². The second-order valence-corrected chi connectivity index (χ2v) is 6.11. The lowest BCUT2D eigenvalue weighted by Gasteiger charge is -2.21. The van der Waals surface area contributed by atoms with Crippen molar-refractivity contribution in [3.05, 3.63) is 46.2 Å². The number of carbonyl (C=O) groups excluding carboxylic acids is 1. The molecule has 0 aromatic carbocycles. The number of rotatable bonds is 5. The Balaban J connectivity index is 1.78. The molecule has 5 heteroatoms. The molecule has 2 heterocycles. The van der Waals surface area contributed by atoms with Crippen molar-refractivity contribution >= 4 is 17.2 Å². The summed E-state index contributed by atoms with van der Waals surface area (Å²) in [7, 11) is 0. The van der Waals surface area contributed by atoms with Crippen LogP contribution in [0.4, 0.5) is 0 Å². The van der Waals surface area contributed by atoms with Crippen LogP contribution in [0.15, 0.2) is 30.7 Å². The van der Waals surface area contributed by atoms with E-state index in [0.29, 0.717) is 12.6 Å². The average Bonchev–Trinajstić information content (AvgIpc) is 3.21. The Hall–Kier alpha value is -1.75. The van der Waals surface area contributed by atoms with E-state index in [0.717, 1.165) is 34.7 Å². The lowest BCUT2D eigenvalue weighted by atomic mass is 10.2. The Bertz CT molecular complexity index is 592. The number of thiazole rings is 1. The van der Waals surface area contributed by atoms with Gasteiger partial charge < -0.3 is 4.90 Å². The molecule has 0 radical (unpaired) electrons. The summed E-state index contributed by atoms with van der Waals surface area (Å²) in [6.45, 7) is 2.72. The molecule has 4 nitrogen and oxygen atoms in total. The first kappa shape index (κ1) is 13.2. The van der Waals surface area contributed by atoms with Gasteiger partial charge in [-0.3, -0.25) is 9.78 Å². The van der Waals surface area contributed by atoms with Crippen LogP contribution in [-0.2, 0) is 13.0 Å². The number of aryl methyl sites for hydroxylation is 1. The number of carbonyl (C=O) groups is 1. The molecule has 2 aromatic rings. The minimum Gasteiger partial charge on any atom is -0.331 e. The van der Waals surface area contributed by atoms with Gasteiger partial charge in [-0.05, 0) is 37.0 Å². The maximum absolute atomic E-state index is 12.6. The van der Waals surface area contributed by atoms with Crippen LogP contribution in [0, 0.1) is 0 Å². The van der Waals surface area contributed by atoms with Crippen LogP contribution >= 0.6 is 11.3 Å². The Morgan fingerprint density at radius 3 is 2.75 bits per heavy atom. The molecule has 0 spiro atoms. The molecule has 0 saturated heterocycles. The van der Waals surface area contributed by atoms with Crippen LogP contribution in [0.5, 0.6) is 0 Å². The maximum atomic E-state index is 12.6. The highest BCUT2D eigenvalue weighted by atomic mass is 32.1. The predicted octanol–water partition coefficient (Wildman–Crippen LogP) is 2.91. The van der Waals surface area contributed by atoms with E-state index in [-0.39, 0.29) is 5.91 Å². The van der Waals surface area contributed by atoms with Gasteiger partial charge in [-0.1, -0.05) is 6.92 Å². The molecule has 2 aromatic heterocycles. The number of amides is 1. The van der Waals surface area contributed by atoms with Gasteiger partial charge in [-0.25, -0.2) is 4.98 Å². The summed E-state index contributed by atoms with van der Waals surface area (Å²) in [6.07, 6.45) is 8.35. The molecular formula is C15H17N3OS. The topological polar surface area (TPSA) is 46.1 Å². The lowest BCUT2D eigenvalue weighted by molar-refractivity contribution is 0.0734. The van der Waals surface area contributed by atoms with Crippen molar-refractivity contribution in [3.8, 4) is 0 Å². The molecule has 1 fully saturated rings. The molecule has 0 N–H and O–H groups in total. The molecule has 20 heavy (non-hydrogen) atoms. The fraction of sp³-hybridized carbons (Fsp3) is 0.400. The first-order valence-corrected chi connectivity index (χ1v) is 7.74. The van der Waals surface area contributed by atoms with E-state index in [1.54, 1.807) is 18.6 Å². The number of hydrogen-bond acceptors (Lipinski definition) is 4. The summed E-state index contributed by atoms with van der Waals surface area (Å²) in [5.41, 5.74) is 1.13. The van der Waals surface area contributed by atoms with E-state index in [9.17, 15) is 4.79 Å². The van der Waals surface area contributed by atoms with E-state index in [4.69, 9.17) is 0 Å². The third-order valence-electron chi connectivity index (χ3n) is 3.42. The normalized spacial score (nSPS) is 14.2. The van der Waals surface area contributed by atoms with Gasteiger partial charge in [0, 0.05) is 25.0 Å². The maximum Gasteiger partial charge on any atom is 0.266 e. The van der Waals surface area contributed by atoms with Gasteiger partial charge >= 0.3 is 0 Å². The summed E-state index contributed by atoms with van der Waals surface area (Å²) in [4.78, 5) is 23.7. The molecule has 1 amide bonds. The lowest BCUT2D eigenvalue weighted by Crippen LogP contribution is -2.32. The van der Waals surface area contributed by atoms with Crippen molar-refractivity contribution in [3.63, 3.8) is 0 Å². The quantitative estimate of drug-likeness (QED) is 0.849. The van der Waals surface area contributed by atoms with E-state index in [1.807, 2.05) is 17.0 Å². The van der Waals surface area contributed by atoms with Crippen LogP contribution in [0.25, 0.3) is 0 Å². The summed E-state index contributed by atoms with van der Waals surface area (Å²) < 4.78 is 0. The zero-order valence-electron chi connectivity index (χ0n) is 11.5. The van der Waals surface area contributed by atoms with Crippen molar-refractivity contribution in [2.45, 2.75) is 38.8 Å². The Kier molecular flexibility index (Phi) is 3.78. The third kappa shape index (κ3) is 2.88. The van der Waals surface area contributed by atoms with Crippen LogP contribution in [0.1, 0.15) is 40.0 Å². The highest BCUT2D eigenvalue weighted by Crippen LogP contribution is 2.30. The molecule has 0 bridgehead atoms. The van der Waals surface area contributed by atoms with Crippen LogP contribution in [-0.4, -0.2) is 26.8 Å². The monoisotopic (exact) mass is 287 g/mol. The average molecular weight is 287 g/mol. The molecule has 0 unspecified atom stereocenters. The Morgan fingerprint density at radius 2 is 2.15 bits per heavy atom. The zero-order chi connectivity index (χ0) is 13.9. The summed E-state index contributed by atoms with van der Waals surface area (Å²) in [6, 6.07) is 4.32. The smallest absolute Gasteiger partial charge is 0.266 e. The summed E-state index contributed by atoms with van der Waals surface area (Å²) in [5.74, 6) is 0.113. The van der Waals surface area contributed by atoms with Crippen LogP contribution < -0.4 is 0 Å². The SMILES string of the molecule is CCc1ncc(C(=O)N(Cc2ccncc2)C2CC2)s1. The second-order valence-electron chi connectivity index (χ2n) is 4.99. The van der Waals surface area contributed by atoms with Crippen molar-refractivity contribution in [1.29, 1.82) is 0 Å². The molecule has 1 saturated carbocycles. The first-order chi connectivity index (χ1) is 9.78. The van der Waals surface area contributed by atoms with Gasteiger partial charge in [0.05, 0.1) is 11.2 Å². The third-order valence-corrected chi connectivity index (χ3v) is 4.55. The van der Waals surface area contributed by atoms with Gasteiger partial charge in [-0.15, -0.1) is 11.3 Å². The number of nitrogens with zero attached hydrogens (tertiary/aromatic N) is 3. The van der Waals surface area contributed by atoms with Gasteiger partial charge in [-0.2, -0.15) is 0 Å². The number of hydrogen-bond donors (Lipinski definition) is 0. The second kappa shape index (κ2) is 5.71. The number of aromatic nitrogens is 2. The fourth-order valence-corrected chi connectivity index (χ4v) is 2.97. The van der Waals surface area contributed by atoms with Crippen molar-refractivity contribution in [2.24, 2.45) is 0 Å². The van der Waals surface area contributed by atoms with E-state index >= 15 is 0 Å². The summed E-state index contributed by atoms with van der Waals surface area (Å²) in [5, 5.41) is 1.02. The molecular weight excluding hydrogens is 270 g/mol. The largest absolute Gasteiger partial charge is 0.331 e. The summed E-state index contributed by atoms with van der Waals surface area (Å²) >= 11 is 1.51. The minimum absolute atomic E-state index is 0.113. The molecule has 104 valence electrons. The van der Waals surface area contributed by atoms with Gasteiger partial charge in [0.2, 0.25) is 0 Å². The zero-order valence-corrected chi connectivity index (χ0v) is 12.3. The molecule has 0 aliphatic heterocycles. The predicted molar refractivity (Wildman–Crippen MR) is 78.6 cm³/mol. The van der Waals surface area contributed by atoms with Gasteiger partial charge in [0.1, 0.15) is 4.88 Å². The highest BCUT2D eigenvalue weighted by molar-refractivity contribution is 7.13. The van der Waals surface area contributed by atoms with Crippen molar-refractivity contribution in [2.75, 3.05) is 0 Å². The fourth-order valence-electron chi connectivity index (χ4n) is 2.15. The van der Waals surface area contributed by atoms with Crippen LogP contribution in [0.3, 0.4) is 0 Å². The minimum atomic E-state index is 0.113.